The summed E-state index contributed by atoms with van der Waals surface area (Å²) < 4.78 is 0. The van der Waals surface area contributed by atoms with Gasteiger partial charge in [0.25, 0.3) is 0 Å². The zero-order valence-corrected chi connectivity index (χ0v) is 12.4. The molecule has 0 aliphatic carbocycles. The van der Waals surface area contributed by atoms with E-state index in [1.165, 1.54) is 18.4 Å². The molecule has 3 N–H and O–H groups in total. The average Bonchev–Trinajstić information content (AvgIpc) is 2.67. The zero-order chi connectivity index (χ0) is 14.1. The Bertz CT molecular complexity index is 465. The van der Waals surface area contributed by atoms with Gasteiger partial charge in [-0.25, -0.2) is 0 Å². The molecule has 0 aromatic heterocycles. The molecule has 1 aromatic carbocycles. The molecule has 1 aromatic rings. The highest BCUT2D eigenvalue weighted by molar-refractivity contribution is 7.80. The largest absolute Gasteiger partial charge is 0.393 e. The van der Waals surface area contributed by atoms with Crippen molar-refractivity contribution >= 4 is 17.2 Å². The Morgan fingerprint density at radius 2 is 1.85 bits per heavy atom. The third kappa shape index (κ3) is 2.73. The number of benzene rings is 1. The Morgan fingerprint density at radius 1 is 1.25 bits per heavy atom. The van der Waals surface area contributed by atoms with Crippen LogP contribution in [0.1, 0.15) is 37.2 Å². The second kappa shape index (κ2) is 5.80. The summed E-state index contributed by atoms with van der Waals surface area (Å²) >= 11 is 5.29. The van der Waals surface area contributed by atoms with Crippen LogP contribution in [0.25, 0.3) is 0 Å². The number of hydrogen-bond acceptors (Lipinski definition) is 3. The van der Waals surface area contributed by atoms with Gasteiger partial charge in [0.2, 0.25) is 0 Å². The first kappa shape index (κ1) is 14.0. The molecule has 2 heterocycles. The van der Waals surface area contributed by atoms with E-state index in [0.29, 0.717) is 17.1 Å². The van der Waals surface area contributed by atoms with E-state index in [2.05, 4.69) is 17.0 Å². The van der Waals surface area contributed by atoms with Crippen molar-refractivity contribution in [3.05, 3.63) is 35.9 Å². The van der Waals surface area contributed by atoms with Crippen LogP contribution in [0.15, 0.2) is 30.3 Å². The van der Waals surface area contributed by atoms with Gasteiger partial charge in [0.15, 0.2) is 0 Å². The Balaban J connectivity index is 1.77. The highest BCUT2D eigenvalue weighted by atomic mass is 32.1. The highest BCUT2D eigenvalue weighted by Crippen LogP contribution is 2.37. The third-order valence-electron chi connectivity index (χ3n) is 4.80. The Kier molecular flexibility index (Phi) is 4.06. The normalized spacial score (nSPS) is 31.1. The SMILES string of the molecule is NC(=S)C(CN1C2CCC1CC(O)C2)c1ccccc1. The summed E-state index contributed by atoms with van der Waals surface area (Å²) in [6, 6.07) is 11.3. The van der Waals surface area contributed by atoms with Crippen LogP contribution >= 0.6 is 12.2 Å². The summed E-state index contributed by atoms with van der Waals surface area (Å²) in [4.78, 5) is 3.10. The molecule has 0 spiro atoms. The monoisotopic (exact) mass is 290 g/mol. The van der Waals surface area contributed by atoms with E-state index in [-0.39, 0.29) is 12.0 Å². The quantitative estimate of drug-likeness (QED) is 0.833. The summed E-state index contributed by atoms with van der Waals surface area (Å²) in [5.41, 5.74) is 7.18. The van der Waals surface area contributed by atoms with E-state index < -0.39 is 0 Å². The molecule has 4 heteroatoms. The lowest BCUT2D eigenvalue weighted by atomic mass is 9.94. The summed E-state index contributed by atoms with van der Waals surface area (Å²) in [7, 11) is 0. The molecule has 3 nitrogen and oxygen atoms in total. The molecule has 20 heavy (non-hydrogen) atoms. The van der Waals surface area contributed by atoms with Gasteiger partial charge >= 0.3 is 0 Å². The second-order valence-corrected chi connectivity index (χ2v) is 6.54. The molecule has 3 unspecified atom stereocenters. The van der Waals surface area contributed by atoms with Crippen LogP contribution < -0.4 is 5.73 Å². The number of nitrogens with two attached hydrogens (primary N) is 1. The molecule has 0 amide bonds. The lowest BCUT2D eigenvalue weighted by Gasteiger charge is -2.39. The maximum Gasteiger partial charge on any atom is 0.0816 e. The van der Waals surface area contributed by atoms with E-state index in [1.807, 2.05) is 18.2 Å². The molecule has 0 radical (unpaired) electrons. The van der Waals surface area contributed by atoms with E-state index in [9.17, 15) is 5.11 Å². The number of rotatable bonds is 4. The summed E-state index contributed by atoms with van der Waals surface area (Å²) in [6.07, 6.45) is 4.06. The van der Waals surface area contributed by atoms with E-state index in [4.69, 9.17) is 18.0 Å². The number of aliphatic hydroxyl groups excluding tert-OH is 1. The molecule has 2 saturated heterocycles. The molecule has 2 fully saturated rings. The fourth-order valence-electron chi connectivity index (χ4n) is 3.80. The molecular formula is C16H22N2OS. The fraction of sp³-hybridized carbons (Fsp3) is 0.562. The summed E-state index contributed by atoms with van der Waals surface area (Å²) in [6.45, 7) is 0.890. The van der Waals surface area contributed by atoms with Crippen molar-refractivity contribution in [3.8, 4) is 0 Å². The van der Waals surface area contributed by atoms with Crippen molar-refractivity contribution in [1.82, 2.24) is 4.90 Å². The minimum atomic E-state index is -0.122. The maximum atomic E-state index is 9.89. The maximum absolute atomic E-state index is 9.89. The van der Waals surface area contributed by atoms with Crippen LogP contribution in [0.2, 0.25) is 0 Å². The first-order chi connectivity index (χ1) is 9.65. The number of nitrogens with zero attached hydrogens (tertiary/aromatic N) is 1. The van der Waals surface area contributed by atoms with Crippen LogP contribution in [0.3, 0.4) is 0 Å². The van der Waals surface area contributed by atoms with Gasteiger partial charge in [-0.2, -0.15) is 0 Å². The van der Waals surface area contributed by atoms with Gasteiger partial charge in [0, 0.05) is 24.5 Å². The van der Waals surface area contributed by atoms with E-state index in [0.717, 1.165) is 19.4 Å². The summed E-state index contributed by atoms with van der Waals surface area (Å²) in [5, 5.41) is 9.89. The number of fused-ring (bicyclic) bond motifs is 2. The average molecular weight is 290 g/mol. The van der Waals surface area contributed by atoms with Gasteiger partial charge in [-0.1, -0.05) is 42.5 Å². The highest BCUT2D eigenvalue weighted by Gasteiger charge is 2.41. The predicted molar refractivity (Wildman–Crippen MR) is 84.7 cm³/mol. The predicted octanol–water partition coefficient (Wildman–Crippen LogP) is 2.04. The first-order valence-corrected chi connectivity index (χ1v) is 7.84. The zero-order valence-electron chi connectivity index (χ0n) is 11.6. The number of aliphatic hydroxyl groups is 1. The number of thiocarbonyl (C=S) groups is 1. The van der Waals surface area contributed by atoms with Crippen LogP contribution in [0, 0.1) is 0 Å². The minimum Gasteiger partial charge on any atom is -0.393 e. The number of piperidine rings is 1. The van der Waals surface area contributed by atoms with Crippen molar-refractivity contribution in [3.63, 3.8) is 0 Å². The van der Waals surface area contributed by atoms with E-state index in [1.54, 1.807) is 0 Å². The third-order valence-corrected chi connectivity index (χ3v) is 5.08. The smallest absolute Gasteiger partial charge is 0.0816 e. The standard InChI is InChI=1S/C16H22N2OS/c17-16(20)15(11-4-2-1-3-5-11)10-18-12-6-7-13(18)9-14(19)8-12/h1-5,12-15,19H,6-10H2,(H2,17,20). The number of hydrogen-bond donors (Lipinski definition) is 2. The minimum absolute atomic E-state index is 0.115. The van der Waals surface area contributed by atoms with Crippen LogP contribution in [0.5, 0.6) is 0 Å². The molecule has 3 atom stereocenters. The topological polar surface area (TPSA) is 49.5 Å². The lowest BCUT2D eigenvalue weighted by Crippen LogP contribution is -2.47. The van der Waals surface area contributed by atoms with Crippen LogP contribution in [-0.4, -0.2) is 39.7 Å². The van der Waals surface area contributed by atoms with Gasteiger partial charge in [-0.3, -0.25) is 4.90 Å². The Morgan fingerprint density at radius 3 is 2.40 bits per heavy atom. The second-order valence-electron chi connectivity index (χ2n) is 6.07. The van der Waals surface area contributed by atoms with Crippen molar-refractivity contribution in [2.45, 2.75) is 49.8 Å². The van der Waals surface area contributed by atoms with Crippen molar-refractivity contribution < 1.29 is 5.11 Å². The molecular weight excluding hydrogens is 268 g/mol. The van der Waals surface area contributed by atoms with Crippen LogP contribution in [-0.2, 0) is 0 Å². The fourth-order valence-corrected chi connectivity index (χ4v) is 4.01. The summed E-state index contributed by atoms with van der Waals surface area (Å²) in [5.74, 6) is 0.115. The molecule has 108 valence electrons. The van der Waals surface area contributed by atoms with Gasteiger partial charge in [-0.15, -0.1) is 0 Å². The van der Waals surface area contributed by atoms with Gasteiger partial charge in [-0.05, 0) is 31.2 Å². The molecule has 2 aliphatic heterocycles. The van der Waals surface area contributed by atoms with Gasteiger partial charge in [0.1, 0.15) is 0 Å². The van der Waals surface area contributed by atoms with Crippen molar-refractivity contribution in [2.75, 3.05) is 6.54 Å². The Hall–Kier alpha value is -0.970. The first-order valence-electron chi connectivity index (χ1n) is 7.43. The van der Waals surface area contributed by atoms with Gasteiger partial charge in [0.05, 0.1) is 11.1 Å². The molecule has 2 aliphatic rings. The van der Waals surface area contributed by atoms with E-state index >= 15 is 0 Å². The van der Waals surface area contributed by atoms with Crippen LogP contribution in [0.4, 0.5) is 0 Å². The Labute approximate surface area is 125 Å². The molecule has 2 bridgehead atoms. The molecule has 0 saturated carbocycles. The lowest BCUT2D eigenvalue weighted by molar-refractivity contribution is 0.0350. The van der Waals surface area contributed by atoms with Gasteiger partial charge < -0.3 is 10.8 Å². The van der Waals surface area contributed by atoms with Crippen molar-refractivity contribution in [1.29, 1.82) is 0 Å². The molecule has 3 rings (SSSR count). The van der Waals surface area contributed by atoms with Crippen molar-refractivity contribution in [2.24, 2.45) is 5.73 Å².